The van der Waals surface area contributed by atoms with Gasteiger partial charge >= 0.3 is 0 Å². The number of benzene rings is 3. The minimum absolute atomic E-state index is 0.0309. The number of nitro benzene ring substituents is 1. The third kappa shape index (κ3) is 6.60. The number of aliphatic imine (C=N–C) groups is 1. The zero-order valence-corrected chi connectivity index (χ0v) is 22.4. The first-order valence-corrected chi connectivity index (χ1v) is 13.1. The lowest BCUT2D eigenvalue weighted by molar-refractivity contribution is -0.384. The second-order valence-corrected chi connectivity index (χ2v) is 9.78. The standard InChI is InChI=1S/C29H29N3O5S/c1-4-5-16-31-28(33)27(38-29(31)30-23-11-6-20(2)7-12-23)18-22-10-15-25(26(17-22)36-3)37-19-21-8-13-24(14-9-21)32(34)35/h6-15,17-18H,4-5,16,19H2,1-3H3/b27-18+,30-29?. The lowest BCUT2D eigenvalue weighted by Gasteiger charge is -2.14. The van der Waals surface area contributed by atoms with E-state index in [0.29, 0.717) is 28.1 Å². The second kappa shape index (κ2) is 12.4. The van der Waals surface area contributed by atoms with Crippen LogP contribution >= 0.6 is 11.8 Å². The van der Waals surface area contributed by atoms with Crippen LogP contribution in [0, 0.1) is 17.0 Å². The van der Waals surface area contributed by atoms with Gasteiger partial charge in [-0.15, -0.1) is 0 Å². The SMILES string of the molecule is CCCCN1C(=O)/C(=C\c2ccc(OCc3ccc([N+](=O)[O-])cc3)c(OC)c2)SC1=Nc1ccc(C)cc1. The van der Waals surface area contributed by atoms with Crippen LogP contribution in [0.2, 0.25) is 0 Å². The van der Waals surface area contributed by atoms with Crippen molar-refractivity contribution in [3.8, 4) is 11.5 Å². The molecule has 3 aromatic rings. The van der Waals surface area contributed by atoms with E-state index < -0.39 is 4.92 Å². The molecule has 1 saturated heterocycles. The molecule has 0 atom stereocenters. The minimum Gasteiger partial charge on any atom is -0.493 e. The Bertz CT molecular complexity index is 1370. The number of nitro groups is 1. The van der Waals surface area contributed by atoms with Crippen molar-refractivity contribution in [2.45, 2.75) is 33.3 Å². The van der Waals surface area contributed by atoms with E-state index in [1.54, 1.807) is 30.2 Å². The Hall–Kier alpha value is -4.11. The molecule has 0 N–H and O–H groups in total. The molecule has 9 heteroatoms. The van der Waals surface area contributed by atoms with Crippen molar-refractivity contribution in [2.75, 3.05) is 13.7 Å². The summed E-state index contributed by atoms with van der Waals surface area (Å²) in [6, 6.07) is 19.6. The maximum atomic E-state index is 13.3. The Morgan fingerprint density at radius 2 is 1.79 bits per heavy atom. The number of thioether (sulfide) groups is 1. The van der Waals surface area contributed by atoms with Gasteiger partial charge in [-0.25, -0.2) is 4.99 Å². The number of amides is 1. The highest BCUT2D eigenvalue weighted by atomic mass is 32.2. The van der Waals surface area contributed by atoms with Gasteiger partial charge in [0.05, 0.1) is 22.6 Å². The van der Waals surface area contributed by atoms with Crippen molar-refractivity contribution in [3.05, 3.63) is 98.4 Å². The van der Waals surface area contributed by atoms with Crippen LogP contribution in [0.25, 0.3) is 6.08 Å². The second-order valence-electron chi connectivity index (χ2n) is 8.77. The van der Waals surface area contributed by atoms with E-state index >= 15 is 0 Å². The molecule has 8 nitrogen and oxygen atoms in total. The maximum Gasteiger partial charge on any atom is 0.269 e. The van der Waals surface area contributed by atoms with Crippen LogP contribution in [-0.4, -0.2) is 34.6 Å². The largest absolute Gasteiger partial charge is 0.493 e. The van der Waals surface area contributed by atoms with Crippen LogP contribution in [-0.2, 0) is 11.4 Å². The summed E-state index contributed by atoms with van der Waals surface area (Å²) < 4.78 is 11.4. The summed E-state index contributed by atoms with van der Waals surface area (Å²) in [6.45, 7) is 4.97. The summed E-state index contributed by atoms with van der Waals surface area (Å²) in [5.74, 6) is 0.990. The van der Waals surface area contributed by atoms with Gasteiger partial charge in [0.15, 0.2) is 16.7 Å². The molecule has 0 spiro atoms. The molecule has 0 aromatic heterocycles. The number of methoxy groups -OCH3 is 1. The molecule has 0 radical (unpaired) electrons. The molecule has 196 valence electrons. The third-order valence-corrected chi connectivity index (χ3v) is 6.92. The van der Waals surface area contributed by atoms with Gasteiger partial charge in [0.2, 0.25) is 0 Å². The zero-order valence-electron chi connectivity index (χ0n) is 21.5. The van der Waals surface area contributed by atoms with E-state index in [0.717, 1.165) is 35.2 Å². The van der Waals surface area contributed by atoms with E-state index in [4.69, 9.17) is 14.5 Å². The van der Waals surface area contributed by atoms with Gasteiger partial charge in [0.25, 0.3) is 11.6 Å². The Kier molecular flexibility index (Phi) is 8.81. The quantitative estimate of drug-likeness (QED) is 0.161. The summed E-state index contributed by atoms with van der Waals surface area (Å²) in [4.78, 5) is 30.8. The number of hydrogen-bond donors (Lipinski definition) is 0. The van der Waals surface area contributed by atoms with Crippen LogP contribution in [0.15, 0.2) is 76.6 Å². The molecule has 0 unspecified atom stereocenters. The monoisotopic (exact) mass is 531 g/mol. The van der Waals surface area contributed by atoms with E-state index in [1.807, 2.05) is 49.4 Å². The van der Waals surface area contributed by atoms with Crippen molar-refractivity contribution < 1.29 is 19.2 Å². The van der Waals surface area contributed by atoms with Crippen LogP contribution in [0.4, 0.5) is 11.4 Å². The van der Waals surface area contributed by atoms with Crippen LogP contribution < -0.4 is 9.47 Å². The van der Waals surface area contributed by atoms with Crippen molar-refractivity contribution >= 4 is 40.3 Å². The number of hydrogen-bond acceptors (Lipinski definition) is 7. The highest BCUT2D eigenvalue weighted by Gasteiger charge is 2.33. The number of rotatable bonds is 10. The van der Waals surface area contributed by atoms with Crippen LogP contribution in [0.1, 0.15) is 36.5 Å². The van der Waals surface area contributed by atoms with Gasteiger partial charge < -0.3 is 9.47 Å². The summed E-state index contributed by atoms with van der Waals surface area (Å²) in [7, 11) is 1.55. The zero-order chi connectivity index (χ0) is 27.1. The average Bonchev–Trinajstić information content (AvgIpc) is 3.21. The Morgan fingerprint density at radius 3 is 2.45 bits per heavy atom. The number of amidine groups is 1. The third-order valence-electron chi connectivity index (χ3n) is 5.91. The molecular formula is C29H29N3O5S. The van der Waals surface area contributed by atoms with Gasteiger partial charge in [-0.05, 0) is 78.7 Å². The summed E-state index contributed by atoms with van der Waals surface area (Å²) >= 11 is 1.37. The first kappa shape index (κ1) is 26.9. The van der Waals surface area contributed by atoms with Gasteiger partial charge in [-0.2, -0.15) is 0 Å². The average molecular weight is 532 g/mol. The Morgan fingerprint density at radius 1 is 1.05 bits per heavy atom. The summed E-state index contributed by atoms with van der Waals surface area (Å²) in [5, 5.41) is 11.5. The molecule has 0 saturated carbocycles. The molecule has 1 aliphatic rings. The smallest absolute Gasteiger partial charge is 0.269 e. The van der Waals surface area contributed by atoms with Crippen LogP contribution in [0.3, 0.4) is 0 Å². The fraction of sp³-hybridized carbons (Fsp3) is 0.241. The first-order valence-electron chi connectivity index (χ1n) is 12.3. The van der Waals surface area contributed by atoms with E-state index in [9.17, 15) is 14.9 Å². The number of nitrogens with zero attached hydrogens (tertiary/aromatic N) is 3. The lowest BCUT2D eigenvalue weighted by Crippen LogP contribution is -2.30. The number of ether oxygens (including phenoxy) is 2. The molecular weight excluding hydrogens is 502 g/mol. The normalized spacial score (nSPS) is 15.3. The number of carbonyl (C=O) groups is 1. The topological polar surface area (TPSA) is 94.3 Å². The fourth-order valence-corrected chi connectivity index (χ4v) is 4.78. The number of non-ortho nitro benzene ring substituents is 1. The fourth-order valence-electron chi connectivity index (χ4n) is 3.75. The predicted molar refractivity (Wildman–Crippen MR) is 151 cm³/mol. The van der Waals surface area contributed by atoms with Crippen molar-refractivity contribution in [2.24, 2.45) is 4.99 Å². The Labute approximate surface area is 226 Å². The lowest BCUT2D eigenvalue weighted by atomic mass is 10.1. The molecule has 0 aliphatic carbocycles. The van der Waals surface area contributed by atoms with E-state index in [2.05, 4.69) is 6.92 Å². The number of carbonyl (C=O) groups excluding carboxylic acids is 1. The summed E-state index contributed by atoms with van der Waals surface area (Å²) in [5.41, 5.74) is 3.59. The summed E-state index contributed by atoms with van der Waals surface area (Å²) in [6.07, 6.45) is 3.71. The maximum absolute atomic E-state index is 13.3. The number of unbranched alkanes of at least 4 members (excludes halogenated alkanes) is 1. The highest BCUT2D eigenvalue weighted by Crippen LogP contribution is 2.36. The van der Waals surface area contributed by atoms with Crippen molar-refractivity contribution in [1.29, 1.82) is 0 Å². The first-order chi connectivity index (χ1) is 18.4. The predicted octanol–water partition coefficient (Wildman–Crippen LogP) is 6.89. The van der Waals surface area contributed by atoms with Gasteiger partial charge in [0, 0.05) is 18.7 Å². The molecule has 1 aliphatic heterocycles. The molecule has 38 heavy (non-hydrogen) atoms. The molecule has 3 aromatic carbocycles. The molecule has 1 heterocycles. The number of aryl methyl sites for hydroxylation is 1. The van der Waals surface area contributed by atoms with E-state index in [1.165, 1.54) is 23.9 Å². The van der Waals surface area contributed by atoms with Crippen LogP contribution in [0.5, 0.6) is 11.5 Å². The molecule has 0 bridgehead atoms. The van der Waals surface area contributed by atoms with E-state index in [-0.39, 0.29) is 18.2 Å². The van der Waals surface area contributed by atoms with Gasteiger partial charge in [-0.1, -0.05) is 37.1 Å². The van der Waals surface area contributed by atoms with Gasteiger partial charge in [-0.3, -0.25) is 19.8 Å². The van der Waals surface area contributed by atoms with Gasteiger partial charge in [0.1, 0.15) is 6.61 Å². The molecule has 4 rings (SSSR count). The minimum atomic E-state index is -0.436. The van der Waals surface area contributed by atoms with Crippen molar-refractivity contribution in [1.82, 2.24) is 4.90 Å². The molecule has 1 amide bonds. The highest BCUT2D eigenvalue weighted by molar-refractivity contribution is 8.18. The Balaban J connectivity index is 1.53. The van der Waals surface area contributed by atoms with Crippen molar-refractivity contribution in [3.63, 3.8) is 0 Å². The molecule has 1 fully saturated rings.